The van der Waals surface area contributed by atoms with Crippen molar-refractivity contribution in [1.82, 2.24) is 9.80 Å². The summed E-state index contributed by atoms with van der Waals surface area (Å²) in [6.07, 6.45) is 5.55. The lowest BCUT2D eigenvalue weighted by molar-refractivity contribution is -0.144. The van der Waals surface area contributed by atoms with Crippen molar-refractivity contribution in [2.45, 2.75) is 58.0 Å². The summed E-state index contributed by atoms with van der Waals surface area (Å²) >= 11 is 0. The minimum Gasteiger partial charge on any atom is -0.339 e. The van der Waals surface area contributed by atoms with E-state index < -0.39 is 0 Å². The standard InChI is InChI=1S/C20H28N2O2/c1-2-3-13-21(14-16-7-5-4-6-8-16)20(24)17-9-12-19(23)22(15-17)18-10-11-18/h4-8,17-18H,2-3,9-15H2,1H3/t17-/m1/s1. The lowest BCUT2D eigenvalue weighted by Crippen LogP contribution is -2.47. The fourth-order valence-electron chi connectivity index (χ4n) is 3.49. The molecular formula is C20H28N2O2. The van der Waals surface area contributed by atoms with Gasteiger partial charge >= 0.3 is 0 Å². The van der Waals surface area contributed by atoms with Crippen molar-refractivity contribution < 1.29 is 9.59 Å². The third-order valence-electron chi connectivity index (χ3n) is 5.09. The Morgan fingerprint density at radius 1 is 1.21 bits per heavy atom. The maximum atomic E-state index is 13.1. The number of carbonyl (C=O) groups is 2. The highest BCUT2D eigenvalue weighted by Gasteiger charge is 2.39. The number of amides is 2. The molecule has 2 aliphatic rings. The minimum atomic E-state index is -0.0242. The van der Waals surface area contributed by atoms with E-state index in [1.54, 1.807) is 0 Å². The molecule has 24 heavy (non-hydrogen) atoms. The molecule has 0 radical (unpaired) electrons. The zero-order chi connectivity index (χ0) is 16.9. The number of benzene rings is 1. The molecule has 1 saturated carbocycles. The van der Waals surface area contributed by atoms with Gasteiger partial charge < -0.3 is 9.80 Å². The molecule has 4 heteroatoms. The molecule has 1 atom stereocenters. The van der Waals surface area contributed by atoms with E-state index in [4.69, 9.17) is 0 Å². The van der Waals surface area contributed by atoms with Gasteiger partial charge in [0.2, 0.25) is 11.8 Å². The van der Waals surface area contributed by atoms with E-state index in [1.807, 2.05) is 28.0 Å². The predicted octanol–water partition coefficient (Wildman–Crippen LogP) is 3.22. The van der Waals surface area contributed by atoms with Gasteiger partial charge in [-0.15, -0.1) is 0 Å². The number of likely N-dealkylation sites (tertiary alicyclic amines) is 1. The van der Waals surface area contributed by atoms with Crippen molar-refractivity contribution in [2.24, 2.45) is 5.92 Å². The minimum absolute atomic E-state index is 0.0242. The molecule has 2 fully saturated rings. The molecule has 0 bridgehead atoms. The van der Waals surface area contributed by atoms with Gasteiger partial charge in [0.15, 0.2) is 0 Å². The normalized spacial score (nSPS) is 21.0. The zero-order valence-corrected chi connectivity index (χ0v) is 14.6. The van der Waals surface area contributed by atoms with Crippen LogP contribution in [-0.4, -0.2) is 40.7 Å². The van der Waals surface area contributed by atoms with Crippen LogP contribution >= 0.6 is 0 Å². The Morgan fingerprint density at radius 3 is 2.62 bits per heavy atom. The van der Waals surface area contributed by atoms with Gasteiger partial charge in [-0.1, -0.05) is 43.7 Å². The van der Waals surface area contributed by atoms with Gasteiger partial charge in [-0.05, 0) is 31.2 Å². The first kappa shape index (κ1) is 17.0. The Bertz CT molecular complexity index is 568. The quantitative estimate of drug-likeness (QED) is 0.771. The summed E-state index contributed by atoms with van der Waals surface area (Å²) < 4.78 is 0. The van der Waals surface area contributed by atoms with Gasteiger partial charge in [-0.25, -0.2) is 0 Å². The SMILES string of the molecule is CCCCN(Cc1ccccc1)C(=O)[C@@H]1CCC(=O)N(C2CC2)C1. The Kier molecular flexibility index (Phi) is 5.54. The summed E-state index contributed by atoms with van der Waals surface area (Å²) in [5, 5.41) is 0. The van der Waals surface area contributed by atoms with Crippen LogP contribution < -0.4 is 0 Å². The maximum absolute atomic E-state index is 13.1. The van der Waals surface area contributed by atoms with Crippen LogP contribution in [0.4, 0.5) is 0 Å². The third-order valence-corrected chi connectivity index (χ3v) is 5.09. The van der Waals surface area contributed by atoms with Crippen LogP contribution in [0, 0.1) is 5.92 Å². The molecule has 0 unspecified atom stereocenters. The van der Waals surface area contributed by atoms with E-state index in [0.717, 1.165) is 32.2 Å². The van der Waals surface area contributed by atoms with E-state index in [1.165, 1.54) is 5.56 Å². The molecule has 130 valence electrons. The van der Waals surface area contributed by atoms with Crippen LogP contribution in [0.15, 0.2) is 30.3 Å². The molecule has 0 aromatic heterocycles. The number of rotatable bonds is 7. The first-order valence-corrected chi connectivity index (χ1v) is 9.31. The summed E-state index contributed by atoms with van der Waals surface area (Å²) in [6.45, 7) is 4.25. The Morgan fingerprint density at radius 2 is 1.96 bits per heavy atom. The fourth-order valence-corrected chi connectivity index (χ4v) is 3.49. The highest BCUT2D eigenvalue weighted by molar-refractivity contribution is 5.84. The molecule has 0 N–H and O–H groups in total. The van der Waals surface area contributed by atoms with Crippen LogP contribution in [0.25, 0.3) is 0 Å². The number of nitrogens with zero attached hydrogens (tertiary/aromatic N) is 2. The van der Waals surface area contributed by atoms with Crippen molar-refractivity contribution >= 4 is 11.8 Å². The fraction of sp³-hybridized carbons (Fsp3) is 0.600. The molecule has 1 aliphatic heterocycles. The molecule has 1 saturated heterocycles. The molecular weight excluding hydrogens is 300 g/mol. The Labute approximate surface area is 144 Å². The van der Waals surface area contributed by atoms with Crippen molar-refractivity contribution in [1.29, 1.82) is 0 Å². The molecule has 1 aromatic rings. The lowest BCUT2D eigenvalue weighted by atomic mass is 9.95. The summed E-state index contributed by atoms with van der Waals surface area (Å²) in [5.41, 5.74) is 1.17. The monoisotopic (exact) mass is 328 g/mol. The van der Waals surface area contributed by atoms with Crippen LogP contribution in [-0.2, 0) is 16.1 Å². The van der Waals surface area contributed by atoms with E-state index >= 15 is 0 Å². The van der Waals surface area contributed by atoms with Crippen LogP contribution in [0.3, 0.4) is 0 Å². The molecule has 3 rings (SSSR count). The Hall–Kier alpha value is -1.84. The second-order valence-electron chi connectivity index (χ2n) is 7.11. The first-order valence-electron chi connectivity index (χ1n) is 9.31. The summed E-state index contributed by atoms with van der Waals surface area (Å²) in [6, 6.07) is 10.6. The second kappa shape index (κ2) is 7.82. The number of unbranched alkanes of at least 4 members (excludes halogenated alkanes) is 1. The Balaban J connectivity index is 1.66. The number of carbonyl (C=O) groups excluding carboxylic acids is 2. The van der Waals surface area contributed by atoms with Crippen molar-refractivity contribution in [3.8, 4) is 0 Å². The average molecular weight is 328 g/mol. The molecule has 1 aromatic carbocycles. The molecule has 1 aliphatic carbocycles. The topological polar surface area (TPSA) is 40.6 Å². The van der Waals surface area contributed by atoms with Gasteiger partial charge in [0.1, 0.15) is 0 Å². The number of hydrogen-bond donors (Lipinski definition) is 0. The summed E-state index contributed by atoms with van der Waals surface area (Å²) in [7, 11) is 0. The van der Waals surface area contributed by atoms with Crippen LogP contribution in [0.2, 0.25) is 0 Å². The number of hydrogen-bond acceptors (Lipinski definition) is 2. The zero-order valence-electron chi connectivity index (χ0n) is 14.6. The number of piperidine rings is 1. The average Bonchev–Trinajstić information content (AvgIpc) is 3.44. The highest BCUT2D eigenvalue weighted by Crippen LogP contribution is 2.32. The van der Waals surface area contributed by atoms with Crippen LogP contribution in [0.5, 0.6) is 0 Å². The van der Waals surface area contributed by atoms with E-state index in [-0.39, 0.29) is 17.7 Å². The largest absolute Gasteiger partial charge is 0.339 e. The third kappa shape index (κ3) is 4.16. The predicted molar refractivity (Wildman–Crippen MR) is 94.2 cm³/mol. The molecule has 1 heterocycles. The summed E-state index contributed by atoms with van der Waals surface area (Å²) in [5.74, 6) is 0.444. The lowest BCUT2D eigenvalue weighted by Gasteiger charge is -2.35. The van der Waals surface area contributed by atoms with Crippen molar-refractivity contribution in [3.63, 3.8) is 0 Å². The second-order valence-corrected chi connectivity index (χ2v) is 7.11. The maximum Gasteiger partial charge on any atom is 0.227 e. The molecule has 2 amide bonds. The van der Waals surface area contributed by atoms with Gasteiger partial charge in [0, 0.05) is 32.1 Å². The smallest absolute Gasteiger partial charge is 0.227 e. The van der Waals surface area contributed by atoms with E-state index in [0.29, 0.717) is 32.0 Å². The van der Waals surface area contributed by atoms with Crippen molar-refractivity contribution in [2.75, 3.05) is 13.1 Å². The van der Waals surface area contributed by atoms with Crippen LogP contribution in [0.1, 0.15) is 51.0 Å². The first-order chi connectivity index (χ1) is 11.7. The van der Waals surface area contributed by atoms with Gasteiger partial charge in [-0.3, -0.25) is 9.59 Å². The molecule has 0 spiro atoms. The van der Waals surface area contributed by atoms with Gasteiger partial charge in [0.05, 0.1) is 5.92 Å². The molecule has 4 nitrogen and oxygen atoms in total. The van der Waals surface area contributed by atoms with E-state index in [9.17, 15) is 9.59 Å². The van der Waals surface area contributed by atoms with Gasteiger partial charge in [-0.2, -0.15) is 0 Å². The highest BCUT2D eigenvalue weighted by atomic mass is 16.2. The summed E-state index contributed by atoms with van der Waals surface area (Å²) in [4.78, 5) is 29.1. The van der Waals surface area contributed by atoms with Crippen molar-refractivity contribution in [3.05, 3.63) is 35.9 Å². The van der Waals surface area contributed by atoms with Gasteiger partial charge in [0.25, 0.3) is 0 Å². The van der Waals surface area contributed by atoms with E-state index in [2.05, 4.69) is 19.1 Å².